The highest BCUT2D eigenvalue weighted by atomic mass is 32.2. The van der Waals surface area contributed by atoms with Crippen molar-refractivity contribution in [2.45, 2.75) is 24.7 Å². The van der Waals surface area contributed by atoms with Gasteiger partial charge < -0.3 is 9.80 Å². The Kier molecular flexibility index (Phi) is 5.62. The first-order valence-corrected chi connectivity index (χ1v) is 11.6. The second kappa shape index (κ2) is 8.20. The topological polar surface area (TPSA) is 78.0 Å². The van der Waals surface area contributed by atoms with E-state index in [2.05, 4.69) is 0 Å². The third kappa shape index (κ3) is 3.97. The van der Waals surface area contributed by atoms with Gasteiger partial charge in [-0.15, -0.1) is 0 Å². The number of rotatable bonds is 4. The van der Waals surface area contributed by atoms with Gasteiger partial charge in [0.05, 0.1) is 4.90 Å². The van der Waals surface area contributed by atoms with Gasteiger partial charge in [0.1, 0.15) is 0 Å². The smallest absolute Gasteiger partial charge is 0.254 e. The third-order valence-corrected chi connectivity index (χ3v) is 7.58. The lowest BCUT2D eigenvalue weighted by atomic mass is 10.1. The van der Waals surface area contributed by atoms with Gasteiger partial charge >= 0.3 is 0 Å². The molecule has 0 unspecified atom stereocenters. The summed E-state index contributed by atoms with van der Waals surface area (Å²) >= 11 is 0. The van der Waals surface area contributed by atoms with Crippen LogP contribution in [0.3, 0.4) is 0 Å². The molecule has 7 nitrogen and oxygen atoms in total. The maximum Gasteiger partial charge on any atom is 0.254 e. The number of hydrogen-bond acceptors (Lipinski definition) is 4. The fourth-order valence-corrected chi connectivity index (χ4v) is 5.32. The Balaban J connectivity index is 1.43. The summed E-state index contributed by atoms with van der Waals surface area (Å²) in [5.74, 6) is -0.0644. The molecular formula is C22H25N3O4S. The Labute approximate surface area is 176 Å². The molecule has 2 aromatic rings. The number of aryl methyl sites for hydroxylation is 1. The number of carbonyl (C=O) groups excluding carboxylic acids is 2. The lowest BCUT2D eigenvalue weighted by Gasteiger charge is -2.34. The van der Waals surface area contributed by atoms with Gasteiger partial charge in [0.2, 0.25) is 15.9 Å². The van der Waals surface area contributed by atoms with E-state index in [4.69, 9.17) is 0 Å². The van der Waals surface area contributed by atoms with Gasteiger partial charge in [-0.25, -0.2) is 8.42 Å². The van der Waals surface area contributed by atoms with E-state index in [-0.39, 0.29) is 29.8 Å². The first kappa shape index (κ1) is 20.6. The van der Waals surface area contributed by atoms with E-state index in [0.717, 1.165) is 17.7 Å². The molecule has 2 aliphatic heterocycles. The Hall–Kier alpha value is -2.71. The molecule has 0 N–H and O–H groups in total. The van der Waals surface area contributed by atoms with Crippen LogP contribution in [0.15, 0.2) is 53.4 Å². The number of carbonyl (C=O) groups is 2. The van der Waals surface area contributed by atoms with Gasteiger partial charge in [0.25, 0.3) is 5.91 Å². The van der Waals surface area contributed by atoms with Crippen LogP contribution >= 0.6 is 0 Å². The van der Waals surface area contributed by atoms with Gasteiger partial charge in [0, 0.05) is 50.4 Å². The molecule has 2 amide bonds. The molecule has 158 valence electrons. The molecule has 0 spiro atoms. The molecule has 2 aromatic carbocycles. The number of sulfonamides is 1. The van der Waals surface area contributed by atoms with Crippen LogP contribution in [-0.2, 0) is 14.8 Å². The summed E-state index contributed by atoms with van der Waals surface area (Å²) in [5, 5.41) is 0. The third-order valence-electron chi connectivity index (χ3n) is 5.66. The average Bonchev–Trinajstić information content (AvgIpc) is 3.19. The summed E-state index contributed by atoms with van der Waals surface area (Å²) in [7, 11) is -3.57. The largest absolute Gasteiger partial charge is 0.336 e. The van der Waals surface area contributed by atoms with Crippen molar-refractivity contribution in [3.05, 3.63) is 59.7 Å². The second-order valence-corrected chi connectivity index (χ2v) is 9.65. The molecule has 2 aliphatic rings. The summed E-state index contributed by atoms with van der Waals surface area (Å²) in [4.78, 5) is 28.6. The average molecular weight is 428 g/mol. The van der Waals surface area contributed by atoms with Crippen LogP contribution < -0.4 is 4.90 Å². The van der Waals surface area contributed by atoms with E-state index >= 15 is 0 Å². The normalized spacial score (nSPS) is 18.1. The number of benzene rings is 2. The summed E-state index contributed by atoms with van der Waals surface area (Å²) in [6.07, 6.45) is 1.37. The highest BCUT2D eigenvalue weighted by Crippen LogP contribution is 2.24. The Morgan fingerprint density at radius 3 is 2.27 bits per heavy atom. The summed E-state index contributed by atoms with van der Waals surface area (Å²) in [6.45, 7) is 3.76. The Morgan fingerprint density at radius 2 is 1.63 bits per heavy atom. The minimum atomic E-state index is -3.57. The van der Waals surface area contributed by atoms with Gasteiger partial charge in [-0.3, -0.25) is 9.59 Å². The Bertz CT molecular complexity index is 1060. The molecule has 30 heavy (non-hydrogen) atoms. The second-order valence-electron chi connectivity index (χ2n) is 7.71. The summed E-state index contributed by atoms with van der Waals surface area (Å²) < 4.78 is 27.1. The van der Waals surface area contributed by atoms with E-state index in [1.165, 1.54) is 4.31 Å². The van der Waals surface area contributed by atoms with Gasteiger partial charge in [-0.2, -0.15) is 4.31 Å². The van der Waals surface area contributed by atoms with E-state index < -0.39 is 10.0 Å². The zero-order valence-electron chi connectivity index (χ0n) is 17.0. The van der Waals surface area contributed by atoms with E-state index in [9.17, 15) is 18.0 Å². The first-order chi connectivity index (χ1) is 14.4. The van der Waals surface area contributed by atoms with Crippen LogP contribution in [0.4, 0.5) is 5.69 Å². The summed E-state index contributed by atoms with van der Waals surface area (Å²) in [6, 6.07) is 13.9. The van der Waals surface area contributed by atoms with Crippen LogP contribution in [0.25, 0.3) is 0 Å². The van der Waals surface area contributed by atoms with Crippen LogP contribution in [0, 0.1) is 6.92 Å². The van der Waals surface area contributed by atoms with E-state index in [1.807, 2.05) is 13.0 Å². The Morgan fingerprint density at radius 1 is 0.933 bits per heavy atom. The molecule has 8 heteroatoms. The fourth-order valence-electron chi connectivity index (χ4n) is 3.90. The van der Waals surface area contributed by atoms with Crippen molar-refractivity contribution >= 4 is 27.5 Å². The number of hydrogen-bond donors (Lipinski definition) is 0. The number of amides is 2. The van der Waals surface area contributed by atoms with Crippen molar-refractivity contribution in [1.82, 2.24) is 9.21 Å². The SMILES string of the molecule is Cc1ccc(S(=O)(=O)N2CCN(C(=O)c3cccc(N4CCCC4=O)c3)CC2)cc1. The molecule has 2 saturated heterocycles. The fraction of sp³-hybridized carbons (Fsp3) is 0.364. The number of nitrogens with zero attached hydrogens (tertiary/aromatic N) is 3. The van der Waals surface area contributed by atoms with Crippen molar-refractivity contribution in [1.29, 1.82) is 0 Å². The maximum atomic E-state index is 13.0. The van der Waals surface area contributed by atoms with Gasteiger partial charge in [-0.05, 0) is 43.7 Å². The lowest BCUT2D eigenvalue weighted by molar-refractivity contribution is -0.117. The first-order valence-electron chi connectivity index (χ1n) is 10.1. The zero-order valence-corrected chi connectivity index (χ0v) is 17.8. The van der Waals surface area contributed by atoms with E-state index in [0.29, 0.717) is 31.6 Å². The number of anilines is 1. The summed E-state index contributed by atoms with van der Waals surface area (Å²) in [5.41, 5.74) is 2.26. The molecule has 0 atom stereocenters. The molecule has 0 saturated carbocycles. The molecule has 2 heterocycles. The van der Waals surface area contributed by atoms with Crippen LogP contribution in [-0.4, -0.2) is 62.2 Å². The molecule has 4 rings (SSSR count). The van der Waals surface area contributed by atoms with Crippen LogP contribution in [0.2, 0.25) is 0 Å². The molecule has 0 aromatic heterocycles. The molecule has 0 radical (unpaired) electrons. The van der Waals surface area contributed by atoms with Crippen molar-refractivity contribution < 1.29 is 18.0 Å². The molecule has 0 bridgehead atoms. The van der Waals surface area contributed by atoms with Crippen molar-refractivity contribution in [2.24, 2.45) is 0 Å². The van der Waals surface area contributed by atoms with Crippen molar-refractivity contribution in [3.8, 4) is 0 Å². The van der Waals surface area contributed by atoms with Crippen LogP contribution in [0.1, 0.15) is 28.8 Å². The van der Waals surface area contributed by atoms with Crippen LogP contribution in [0.5, 0.6) is 0 Å². The maximum absolute atomic E-state index is 13.0. The molecular weight excluding hydrogens is 402 g/mol. The van der Waals surface area contributed by atoms with Gasteiger partial charge in [0.15, 0.2) is 0 Å². The number of piperazine rings is 1. The highest BCUT2D eigenvalue weighted by molar-refractivity contribution is 7.89. The highest BCUT2D eigenvalue weighted by Gasteiger charge is 2.31. The monoisotopic (exact) mass is 427 g/mol. The quantitative estimate of drug-likeness (QED) is 0.750. The minimum Gasteiger partial charge on any atom is -0.336 e. The predicted molar refractivity (Wildman–Crippen MR) is 114 cm³/mol. The van der Waals surface area contributed by atoms with E-state index in [1.54, 1.807) is 52.3 Å². The lowest BCUT2D eigenvalue weighted by Crippen LogP contribution is -2.50. The van der Waals surface area contributed by atoms with Crippen molar-refractivity contribution in [2.75, 3.05) is 37.6 Å². The van der Waals surface area contributed by atoms with Gasteiger partial charge in [-0.1, -0.05) is 23.8 Å². The molecule has 2 fully saturated rings. The predicted octanol–water partition coefficient (Wildman–Crippen LogP) is 2.27. The zero-order chi connectivity index (χ0) is 21.3. The van der Waals surface area contributed by atoms with Crippen molar-refractivity contribution in [3.63, 3.8) is 0 Å². The standard InChI is InChI=1S/C22H25N3O4S/c1-17-7-9-20(10-8-17)30(28,29)24-14-12-23(13-15-24)22(27)18-4-2-5-19(16-18)25-11-3-6-21(25)26/h2,4-5,7-10,16H,3,6,11-15H2,1H3. The minimum absolute atomic E-state index is 0.0783. The molecule has 0 aliphatic carbocycles.